The zero-order valence-corrected chi connectivity index (χ0v) is 10.3. The van der Waals surface area contributed by atoms with E-state index in [0.29, 0.717) is 11.3 Å². The number of carboxylic acid groups (broad SMARTS) is 1. The Hall–Kier alpha value is -3.03. The molecule has 1 aromatic carbocycles. The van der Waals surface area contributed by atoms with Crippen LogP contribution in [-0.2, 0) is 0 Å². The maximum atomic E-state index is 10.6. The van der Waals surface area contributed by atoms with E-state index in [4.69, 9.17) is 9.84 Å². The zero-order chi connectivity index (χ0) is 14.7. The van der Waals surface area contributed by atoms with Crippen LogP contribution in [0.25, 0.3) is 0 Å². The third-order valence-electron chi connectivity index (χ3n) is 2.44. The van der Waals surface area contributed by atoms with Crippen molar-refractivity contribution in [2.45, 2.75) is 6.92 Å². The molecule has 0 amide bonds. The Labute approximate surface area is 112 Å². The molecule has 0 aliphatic carbocycles. The number of ether oxygens (including phenoxy) is 1. The van der Waals surface area contributed by atoms with E-state index >= 15 is 0 Å². The fourth-order valence-electron chi connectivity index (χ4n) is 1.46. The van der Waals surface area contributed by atoms with Crippen molar-refractivity contribution < 1.29 is 19.6 Å². The largest absolute Gasteiger partial charge is 0.476 e. The summed E-state index contributed by atoms with van der Waals surface area (Å²) in [6, 6.07) is 6.73. The van der Waals surface area contributed by atoms with Gasteiger partial charge < -0.3 is 9.84 Å². The third-order valence-corrected chi connectivity index (χ3v) is 2.44. The molecular formula is C12H9N3O5. The number of hydrogen-bond acceptors (Lipinski definition) is 6. The fraction of sp³-hybridized carbons (Fsp3) is 0.0833. The van der Waals surface area contributed by atoms with Crippen LogP contribution in [-0.4, -0.2) is 26.2 Å². The maximum Gasteiger partial charge on any atom is 0.356 e. The number of benzene rings is 1. The van der Waals surface area contributed by atoms with Crippen molar-refractivity contribution in [3.05, 3.63) is 51.7 Å². The molecule has 0 atom stereocenters. The first kappa shape index (κ1) is 13.4. The first-order chi connectivity index (χ1) is 9.47. The van der Waals surface area contributed by atoms with E-state index in [1.165, 1.54) is 30.3 Å². The lowest BCUT2D eigenvalue weighted by molar-refractivity contribution is -0.384. The smallest absolute Gasteiger partial charge is 0.356 e. The second-order valence-corrected chi connectivity index (χ2v) is 3.87. The highest BCUT2D eigenvalue weighted by Crippen LogP contribution is 2.26. The summed E-state index contributed by atoms with van der Waals surface area (Å²) < 4.78 is 5.39. The van der Waals surface area contributed by atoms with Crippen molar-refractivity contribution >= 4 is 11.7 Å². The molecule has 0 saturated heterocycles. The Morgan fingerprint density at radius 3 is 2.55 bits per heavy atom. The average molecular weight is 275 g/mol. The minimum atomic E-state index is -1.18. The van der Waals surface area contributed by atoms with Gasteiger partial charge in [-0.1, -0.05) is 0 Å². The molecule has 0 spiro atoms. The standard InChI is InChI=1S/C12H9N3O5/c1-7-6-8(15(18)19)2-4-10(7)20-11-5-3-9(12(16)17)13-14-11/h2-6H,1H3,(H,16,17). The highest BCUT2D eigenvalue weighted by Gasteiger charge is 2.11. The summed E-state index contributed by atoms with van der Waals surface area (Å²) in [6.07, 6.45) is 0. The number of nitro groups is 1. The van der Waals surface area contributed by atoms with Gasteiger partial charge in [0.25, 0.3) is 5.69 Å². The molecular weight excluding hydrogens is 266 g/mol. The van der Waals surface area contributed by atoms with Crippen LogP contribution in [0.5, 0.6) is 11.6 Å². The van der Waals surface area contributed by atoms with E-state index in [-0.39, 0.29) is 17.3 Å². The summed E-state index contributed by atoms with van der Waals surface area (Å²) in [5.74, 6) is -0.699. The van der Waals surface area contributed by atoms with Crippen LogP contribution >= 0.6 is 0 Å². The predicted molar refractivity (Wildman–Crippen MR) is 66.9 cm³/mol. The van der Waals surface area contributed by atoms with Gasteiger partial charge in [-0.25, -0.2) is 4.79 Å². The fourth-order valence-corrected chi connectivity index (χ4v) is 1.46. The van der Waals surface area contributed by atoms with E-state index in [0.717, 1.165) is 0 Å². The minimum absolute atomic E-state index is 0.0397. The molecule has 1 aromatic heterocycles. The number of non-ortho nitro benzene ring substituents is 1. The highest BCUT2D eigenvalue weighted by molar-refractivity contribution is 5.84. The van der Waals surface area contributed by atoms with E-state index in [9.17, 15) is 14.9 Å². The van der Waals surface area contributed by atoms with Crippen LogP contribution in [0.4, 0.5) is 5.69 Å². The quantitative estimate of drug-likeness (QED) is 0.671. The SMILES string of the molecule is Cc1cc([N+](=O)[O-])ccc1Oc1ccc(C(=O)O)nn1. The molecule has 0 saturated carbocycles. The van der Waals surface area contributed by atoms with Crippen molar-refractivity contribution in [3.8, 4) is 11.6 Å². The molecule has 0 radical (unpaired) electrons. The molecule has 2 rings (SSSR count). The first-order valence-electron chi connectivity index (χ1n) is 5.47. The van der Waals surface area contributed by atoms with Crippen molar-refractivity contribution in [1.82, 2.24) is 10.2 Å². The van der Waals surface area contributed by atoms with Crippen molar-refractivity contribution in [2.75, 3.05) is 0 Å². The van der Waals surface area contributed by atoms with Gasteiger partial charge in [-0.15, -0.1) is 10.2 Å². The minimum Gasteiger partial charge on any atom is -0.476 e. The lowest BCUT2D eigenvalue weighted by Gasteiger charge is -2.06. The molecule has 0 bridgehead atoms. The summed E-state index contributed by atoms with van der Waals surface area (Å²) >= 11 is 0. The maximum absolute atomic E-state index is 10.6. The third kappa shape index (κ3) is 2.86. The van der Waals surface area contributed by atoms with E-state index in [2.05, 4.69) is 10.2 Å². The molecule has 8 heteroatoms. The molecule has 0 aliphatic rings. The number of carboxylic acids is 1. The Balaban J connectivity index is 2.21. The normalized spacial score (nSPS) is 10.1. The van der Waals surface area contributed by atoms with E-state index in [1.807, 2.05) is 0 Å². The van der Waals surface area contributed by atoms with Crippen LogP contribution in [0, 0.1) is 17.0 Å². The number of nitrogens with zero attached hydrogens (tertiary/aromatic N) is 3. The van der Waals surface area contributed by atoms with Gasteiger partial charge >= 0.3 is 5.97 Å². The van der Waals surface area contributed by atoms with Gasteiger partial charge in [-0.05, 0) is 24.6 Å². The predicted octanol–water partition coefficient (Wildman–Crippen LogP) is 2.18. The van der Waals surface area contributed by atoms with Crippen LogP contribution < -0.4 is 4.74 Å². The summed E-state index contributed by atoms with van der Waals surface area (Å²) in [4.78, 5) is 20.7. The molecule has 0 aliphatic heterocycles. The second-order valence-electron chi connectivity index (χ2n) is 3.87. The number of carbonyl (C=O) groups is 1. The molecule has 2 aromatic rings. The molecule has 102 valence electrons. The Kier molecular flexibility index (Phi) is 3.56. The zero-order valence-electron chi connectivity index (χ0n) is 10.3. The van der Waals surface area contributed by atoms with Gasteiger partial charge in [0.15, 0.2) is 5.69 Å². The topological polar surface area (TPSA) is 115 Å². The Morgan fingerprint density at radius 1 is 1.30 bits per heavy atom. The number of hydrogen-bond donors (Lipinski definition) is 1. The van der Waals surface area contributed by atoms with Gasteiger partial charge in [0.1, 0.15) is 5.75 Å². The lowest BCUT2D eigenvalue weighted by atomic mass is 10.2. The van der Waals surface area contributed by atoms with Gasteiger partial charge in [0, 0.05) is 18.2 Å². The van der Waals surface area contributed by atoms with Crippen LogP contribution in [0.2, 0.25) is 0 Å². The summed E-state index contributed by atoms with van der Waals surface area (Å²) in [7, 11) is 0. The van der Waals surface area contributed by atoms with E-state index in [1.54, 1.807) is 6.92 Å². The molecule has 0 unspecified atom stereocenters. The van der Waals surface area contributed by atoms with Gasteiger partial charge in [0.05, 0.1) is 4.92 Å². The van der Waals surface area contributed by atoms with Crippen molar-refractivity contribution in [3.63, 3.8) is 0 Å². The van der Waals surface area contributed by atoms with Gasteiger partial charge in [-0.3, -0.25) is 10.1 Å². The van der Waals surface area contributed by atoms with Crippen LogP contribution in [0.15, 0.2) is 30.3 Å². The summed E-state index contributed by atoms with van der Waals surface area (Å²) in [6.45, 7) is 1.65. The number of aromatic nitrogens is 2. The van der Waals surface area contributed by atoms with E-state index < -0.39 is 10.9 Å². The molecule has 20 heavy (non-hydrogen) atoms. The van der Waals surface area contributed by atoms with Crippen molar-refractivity contribution in [1.29, 1.82) is 0 Å². The number of nitro benzene ring substituents is 1. The molecule has 1 N–H and O–H groups in total. The lowest BCUT2D eigenvalue weighted by Crippen LogP contribution is -2.02. The number of rotatable bonds is 4. The summed E-state index contributed by atoms with van der Waals surface area (Å²) in [5.41, 5.74) is 0.322. The highest BCUT2D eigenvalue weighted by atomic mass is 16.6. The van der Waals surface area contributed by atoms with Crippen LogP contribution in [0.1, 0.15) is 16.1 Å². The first-order valence-corrected chi connectivity index (χ1v) is 5.47. The molecule has 8 nitrogen and oxygen atoms in total. The van der Waals surface area contributed by atoms with Gasteiger partial charge in [0.2, 0.25) is 5.88 Å². The molecule has 0 fully saturated rings. The van der Waals surface area contributed by atoms with Gasteiger partial charge in [-0.2, -0.15) is 0 Å². The monoisotopic (exact) mass is 275 g/mol. The number of aromatic carboxylic acids is 1. The summed E-state index contributed by atoms with van der Waals surface area (Å²) in [5, 5.41) is 26.4. The Morgan fingerprint density at radius 2 is 2.05 bits per heavy atom. The second kappa shape index (κ2) is 5.31. The van der Waals surface area contributed by atoms with Crippen molar-refractivity contribution in [2.24, 2.45) is 0 Å². The number of aryl methyl sites for hydroxylation is 1. The average Bonchev–Trinajstić information content (AvgIpc) is 2.41. The van der Waals surface area contributed by atoms with Crippen LogP contribution in [0.3, 0.4) is 0 Å². The Bertz CT molecular complexity index is 669. The molecule has 1 heterocycles.